The van der Waals surface area contributed by atoms with Crippen LogP contribution in [0.4, 0.5) is 0 Å². The molecule has 202 valence electrons. The van der Waals surface area contributed by atoms with Crippen LogP contribution in [-0.2, 0) is 24.0 Å². The number of imide groups is 2. The lowest BCUT2D eigenvalue weighted by Crippen LogP contribution is -2.52. The molecule has 5 fully saturated rings. The fraction of sp³-hybridized carbons (Fsp3) is 0.700. The zero-order valence-corrected chi connectivity index (χ0v) is 21.9. The summed E-state index contributed by atoms with van der Waals surface area (Å²) in [5, 5.41) is 0. The van der Waals surface area contributed by atoms with Crippen LogP contribution in [0.2, 0.25) is 0 Å². The van der Waals surface area contributed by atoms with E-state index in [4.69, 9.17) is 0 Å². The number of amides is 5. The molecule has 8 nitrogen and oxygen atoms in total. The standard InChI is InChI=1S/C30H37N3O5/c34-26(31-12-4-1-2-5-13-31)21(33-29(37)24-19-10-11-20(16-19)25(24)30(33)38)7-3-6-14-32-27(35)22-17-8-9-18(15-17)23(22)28(32)36/h8-11,17-25H,1-7,12-16H2/t17-,18-,19-,20-,21-,22-,23+,24-,25-/m0/s1. The number of allylic oxidation sites excluding steroid dienone is 4. The van der Waals surface area contributed by atoms with Crippen LogP contribution in [-0.4, -0.2) is 69.9 Å². The lowest BCUT2D eigenvalue weighted by atomic mass is 9.85. The summed E-state index contributed by atoms with van der Waals surface area (Å²) in [5.74, 6) is -0.984. The molecule has 7 aliphatic rings. The third-order valence-corrected chi connectivity index (χ3v) is 10.7. The van der Waals surface area contributed by atoms with Crippen molar-refractivity contribution in [1.29, 1.82) is 0 Å². The first-order chi connectivity index (χ1) is 18.5. The molecule has 3 heterocycles. The minimum Gasteiger partial charge on any atom is -0.341 e. The molecule has 0 unspecified atom stereocenters. The molecule has 3 saturated heterocycles. The first kappa shape index (κ1) is 24.3. The average molecular weight is 520 g/mol. The largest absolute Gasteiger partial charge is 0.341 e. The van der Waals surface area contributed by atoms with Crippen molar-refractivity contribution in [2.75, 3.05) is 19.6 Å². The summed E-state index contributed by atoms with van der Waals surface area (Å²) >= 11 is 0. The number of rotatable bonds is 7. The van der Waals surface area contributed by atoms with E-state index in [1.807, 2.05) is 4.90 Å². The molecule has 2 saturated carbocycles. The number of nitrogens with zero attached hydrogens (tertiary/aromatic N) is 3. The average Bonchev–Trinajstić information content (AvgIpc) is 3.74. The maximum absolute atomic E-state index is 13.8. The van der Waals surface area contributed by atoms with Crippen molar-refractivity contribution in [1.82, 2.24) is 14.7 Å². The Kier molecular flexibility index (Phi) is 5.85. The van der Waals surface area contributed by atoms with E-state index >= 15 is 0 Å². The fourth-order valence-electron chi connectivity index (χ4n) is 8.89. The number of unbranched alkanes of at least 4 members (excludes halogenated alkanes) is 1. The molecule has 9 atom stereocenters. The highest BCUT2D eigenvalue weighted by Gasteiger charge is 2.61. The number of fused-ring (bicyclic) bond motifs is 10. The van der Waals surface area contributed by atoms with Crippen LogP contribution in [0, 0.1) is 47.3 Å². The van der Waals surface area contributed by atoms with E-state index in [0.29, 0.717) is 38.9 Å². The second-order valence-corrected chi connectivity index (χ2v) is 12.6. The summed E-state index contributed by atoms with van der Waals surface area (Å²) in [5.41, 5.74) is 0. The molecule has 3 aliphatic heterocycles. The van der Waals surface area contributed by atoms with Crippen LogP contribution in [0.1, 0.15) is 57.8 Å². The Bertz CT molecular complexity index is 1080. The molecule has 0 spiro atoms. The Hall–Kier alpha value is -2.77. The van der Waals surface area contributed by atoms with Gasteiger partial charge in [-0.15, -0.1) is 0 Å². The summed E-state index contributed by atoms with van der Waals surface area (Å²) in [6.07, 6.45) is 15.7. The van der Waals surface area contributed by atoms with Gasteiger partial charge < -0.3 is 4.90 Å². The molecule has 8 heteroatoms. The number of hydrogen-bond donors (Lipinski definition) is 0. The first-order valence-electron chi connectivity index (χ1n) is 14.8. The van der Waals surface area contributed by atoms with Crippen LogP contribution < -0.4 is 0 Å². The smallest absolute Gasteiger partial charge is 0.245 e. The Balaban J connectivity index is 1.04. The van der Waals surface area contributed by atoms with Gasteiger partial charge in [-0.3, -0.25) is 33.8 Å². The van der Waals surface area contributed by atoms with Crippen LogP contribution in [0.15, 0.2) is 24.3 Å². The van der Waals surface area contributed by atoms with Gasteiger partial charge in [-0.05, 0) is 68.6 Å². The van der Waals surface area contributed by atoms with Crippen molar-refractivity contribution >= 4 is 29.5 Å². The first-order valence-corrected chi connectivity index (χ1v) is 14.8. The lowest BCUT2D eigenvalue weighted by molar-refractivity contribution is -0.152. The molecule has 0 radical (unpaired) electrons. The van der Waals surface area contributed by atoms with E-state index in [9.17, 15) is 24.0 Å². The predicted octanol–water partition coefficient (Wildman–Crippen LogP) is 2.54. The topological polar surface area (TPSA) is 95.1 Å². The van der Waals surface area contributed by atoms with E-state index in [1.165, 1.54) is 9.80 Å². The van der Waals surface area contributed by atoms with E-state index in [-0.39, 0.29) is 76.9 Å². The molecule has 4 bridgehead atoms. The molecule has 4 aliphatic carbocycles. The maximum atomic E-state index is 13.8. The summed E-state index contributed by atoms with van der Waals surface area (Å²) in [4.78, 5) is 71.7. The van der Waals surface area contributed by atoms with Gasteiger partial charge in [-0.25, -0.2) is 0 Å². The van der Waals surface area contributed by atoms with E-state index < -0.39 is 6.04 Å². The minimum atomic E-state index is -0.789. The van der Waals surface area contributed by atoms with Gasteiger partial charge in [-0.1, -0.05) is 37.1 Å². The molecular weight excluding hydrogens is 482 g/mol. The molecule has 0 aromatic rings. The van der Waals surface area contributed by atoms with Gasteiger partial charge in [0.05, 0.1) is 23.7 Å². The second kappa shape index (κ2) is 9.16. The number of likely N-dealkylation sites (tertiary alicyclic amines) is 3. The highest BCUT2D eigenvalue weighted by Crippen LogP contribution is 2.54. The van der Waals surface area contributed by atoms with Crippen LogP contribution in [0.25, 0.3) is 0 Å². The third-order valence-electron chi connectivity index (χ3n) is 10.7. The molecule has 0 N–H and O–H groups in total. The normalized spacial score (nSPS) is 39.5. The molecular formula is C30H37N3O5. The van der Waals surface area contributed by atoms with Crippen molar-refractivity contribution in [3.63, 3.8) is 0 Å². The third kappa shape index (κ3) is 3.51. The highest BCUT2D eigenvalue weighted by molar-refractivity contribution is 6.09. The predicted molar refractivity (Wildman–Crippen MR) is 137 cm³/mol. The zero-order valence-electron chi connectivity index (χ0n) is 21.9. The van der Waals surface area contributed by atoms with Gasteiger partial charge in [0.2, 0.25) is 29.5 Å². The van der Waals surface area contributed by atoms with Crippen molar-refractivity contribution in [2.45, 2.75) is 63.8 Å². The Morgan fingerprint density at radius 1 is 0.684 bits per heavy atom. The monoisotopic (exact) mass is 519 g/mol. The molecule has 0 aromatic heterocycles. The van der Waals surface area contributed by atoms with Gasteiger partial charge in [0.25, 0.3) is 0 Å². The number of carbonyl (C=O) groups excluding carboxylic acids is 5. The summed E-state index contributed by atoms with van der Waals surface area (Å²) in [6, 6.07) is -0.789. The van der Waals surface area contributed by atoms with Crippen molar-refractivity contribution < 1.29 is 24.0 Å². The van der Waals surface area contributed by atoms with Crippen LogP contribution >= 0.6 is 0 Å². The van der Waals surface area contributed by atoms with E-state index in [2.05, 4.69) is 24.3 Å². The molecule has 5 amide bonds. The van der Waals surface area contributed by atoms with E-state index in [0.717, 1.165) is 38.5 Å². The van der Waals surface area contributed by atoms with Crippen LogP contribution in [0.5, 0.6) is 0 Å². The van der Waals surface area contributed by atoms with Crippen LogP contribution in [0.3, 0.4) is 0 Å². The Labute approximate surface area is 223 Å². The van der Waals surface area contributed by atoms with Crippen molar-refractivity contribution in [2.24, 2.45) is 47.3 Å². The highest BCUT2D eigenvalue weighted by atomic mass is 16.2. The summed E-state index contributed by atoms with van der Waals surface area (Å²) in [6.45, 7) is 1.68. The van der Waals surface area contributed by atoms with Gasteiger partial charge in [0, 0.05) is 19.6 Å². The van der Waals surface area contributed by atoms with Crippen molar-refractivity contribution in [3.8, 4) is 0 Å². The quantitative estimate of drug-likeness (QED) is 0.293. The number of carbonyl (C=O) groups is 5. The maximum Gasteiger partial charge on any atom is 0.245 e. The second-order valence-electron chi connectivity index (χ2n) is 12.6. The Morgan fingerprint density at radius 2 is 1.16 bits per heavy atom. The van der Waals surface area contributed by atoms with Crippen molar-refractivity contribution in [3.05, 3.63) is 24.3 Å². The van der Waals surface area contributed by atoms with E-state index in [1.54, 1.807) is 0 Å². The Morgan fingerprint density at radius 3 is 1.66 bits per heavy atom. The lowest BCUT2D eigenvalue weighted by Gasteiger charge is -2.32. The molecule has 0 aromatic carbocycles. The minimum absolute atomic E-state index is 0.0465. The zero-order chi connectivity index (χ0) is 26.1. The summed E-state index contributed by atoms with van der Waals surface area (Å²) < 4.78 is 0. The van der Waals surface area contributed by atoms with Gasteiger partial charge >= 0.3 is 0 Å². The SMILES string of the molecule is O=C([C@H](CCCCN1C(=O)[C@@H]2[C@H](C1=O)[C@H]1C=C[C@H]2C1)N1C(=O)[C@@H]2[C@@H](C1=O)[C@H]1C=C[C@H]2C1)N1CCCCCC1. The molecule has 38 heavy (non-hydrogen) atoms. The summed E-state index contributed by atoms with van der Waals surface area (Å²) in [7, 11) is 0. The van der Waals surface area contributed by atoms with Gasteiger partial charge in [0.15, 0.2) is 0 Å². The van der Waals surface area contributed by atoms with Gasteiger partial charge in [0.1, 0.15) is 6.04 Å². The van der Waals surface area contributed by atoms with Gasteiger partial charge in [-0.2, -0.15) is 0 Å². The fourth-order valence-corrected chi connectivity index (χ4v) is 8.89. The molecule has 7 rings (SSSR count). The number of hydrogen-bond acceptors (Lipinski definition) is 5.